The van der Waals surface area contributed by atoms with E-state index in [1.165, 1.54) is 21.8 Å². The first-order valence-electron chi connectivity index (χ1n) is 9.29. The number of thioether (sulfide) groups is 1. The van der Waals surface area contributed by atoms with Crippen LogP contribution in [0, 0.1) is 0 Å². The van der Waals surface area contributed by atoms with Gasteiger partial charge >= 0.3 is 0 Å². The van der Waals surface area contributed by atoms with Crippen molar-refractivity contribution in [2.75, 3.05) is 11.1 Å². The molecule has 0 aliphatic rings. The minimum atomic E-state index is -0.331. The van der Waals surface area contributed by atoms with Gasteiger partial charge in [0, 0.05) is 15.7 Å². The van der Waals surface area contributed by atoms with Crippen molar-refractivity contribution in [2.45, 2.75) is 18.5 Å². The van der Waals surface area contributed by atoms with Crippen molar-refractivity contribution in [3.05, 3.63) is 75.0 Å². The Morgan fingerprint density at radius 1 is 1.17 bits per heavy atom. The molecule has 0 atom stereocenters. The van der Waals surface area contributed by atoms with Crippen molar-refractivity contribution in [1.82, 2.24) is 19.8 Å². The maximum absolute atomic E-state index is 12.3. The maximum atomic E-state index is 12.3. The van der Waals surface area contributed by atoms with E-state index in [-0.39, 0.29) is 17.2 Å². The number of H-pyrrole nitrogens is 1. The van der Waals surface area contributed by atoms with E-state index >= 15 is 0 Å². The third-order valence-electron chi connectivity index (χ3n) is 4.49. The van der Waals surface area contributed by atoms with Crippen LogP contribution in [0.4, 0.5) is 5.69 Å². The highest BCUT2D eigenvalue weighted by atomic mass is 79.9. The fourth-order valence-electron chi connectivity index (χ4n) is 2.90. The lowest BCUT2D eigenvalue weighted by atomic mass is 10.1. The molecule has 0 bridgehead atoms. The number of carbonyl (C=O) groups excluding carboxylic acids is 1. The minimum Gasteiger partial charge on any atom is -0.325 e. The minimum absolute atomic E-state index is 0.130. The summed E-state index contributed by atoms with van der Waals surface area (Å²) < 4.78 is 2.42. The zero-order valence-corrected chi connectivity index (χ0v) is 18.5. The molecular weight excluding hydrogens is 466 g/mol. The molecule has 30 heavy (non-hydrogen) atoms. The van der Waals surface area contributed by atoms with E-state index < -0.39 is 0 Å². The van der Waals surface area contributed by atoms with E-state index in [0.29, 0.717) is 22.1 Å². The Morgan fingerprint density at radius 2 is 1.90 bits per heavy atom. The van der Waals surface area contributed by atoms with Gasteiger partial charge in [-0.05, 0) is 42.3 Å². The average Bonchev–Trinajstić information content (AvgIpc) is 3.21. The molecule has 2 heterocycles. The molecular formula is C21H18BrN5O2S. The second kappa shape index (κ2) is 8.85. The molecule has 0 aliphatic carbocycles. The van der Waals surface area contributed by atoms with E-state index in [2.05, 4.69) is 43.5 Å². The van der Waals surface area contributed by atoms with Crippen LogP contribution in [0.15, 0.2) is 69.0 Å². The second-order valence-electron chi connectivity index (χ2n) is 6.56. The third kappa shape index (κ3) is 4.47. The lowest BCUT2D eigenvalue weighted by molar-refractivity contribution is -0.113. The maximum Gasteiger partial charge on any atom is 0.290 e. The summed E-state index contributed by atoms with van der Waals surface area (Å²) >= 11 is 4.57. The first-order valence-corrected chi connectivity index (χ1v) is 11.1. The highest BCUT2D eigenvalue weighted by Gasteiger charge is 2.14. The van der Waals surface area contributed by atoms with Gasteiger partial charge in [0.1, 0.15) is 5.52 Å². The standard InChI is InChI=1S/C21H18BrN5O2S/c1-2-13-3-5-14(6-4-13)17-11-18-20(29)24-25-21(27(18)26-17)30-12-19(28)23-16-9-7-15(22)8-10-16/h3-11H,2,12H2,1H3,(H,23,28)(H,24,29). The molecule has 2 N–H and O–H groups in total. The largest absolute Gasteiger partial charge is 0.325 e. The summed E-state index contributed by atoms with van der Waals surface area (Å²) in [6, 6.07) is 17.1. The number of anilines is 1. The summed E-state index contributed by atoms with van der Waals surface area (Å²) in [6.45, 7) is 2.10. The summed E-state index contributed by atoms with van der Waals surface area (Å²) in [4.78, 5) is 24.5. The van der Waals surface area contributed by atoms with Crippen LogP contribution >= 0.6 is 27.7 Å². The Balaban J connectivity index is 1.54. The molecule has 0 fully saturated rings. The number of amides is 1. The number of rotatable bonds is 6. The molecule has 0 unspecified atom stereocenters. The number of nitrogens with one attached hydrogen (secondary N) is 2. The zero-order chi connectivity index (χ0) is 21.1. The van der Waals surface area contributed by atoms with Crippen LogP contribution in [0.5, 0.6) is 0 Å². The van der Waals surface area contributed by atoms with Crippen LogP contribution in [0.2, 0.25) is 0 Å². The van der Waals surface area contributed by atoms with Gasteiger partial charge in [-0.15, -0.1) is 5.10 Å². The van der Waals surface area contributed by atoms with Crippen molar-refractivity contribution >= 4 is 44.8 Å². The number of nitrogens with zero attached hydrogens (tertiary/aromatic N) is 3. The van der Waals surface area contributed by atoms with Gasteiger partial charge in [-0.1, -0.05) is 58.9 Å². The Kier molecular flexibility index (Phi) is 6.01. The summed E-state index contributed by atoms with van der Waals surface area (Å²) in [5, 5.41) is 14.4. The molecule has 0 saturated heterocycles. The topological polar surface area (TPSA) is 92.1 Å². The molecule has 0 aliphatic heterocycles. The highest BCUT2D eigenvalue weighted by molar-refractivity contribution is 9.10. The molecule has 7 nitrogen and oxygen atoms in total. The number of hydrogen-bond acceptors (Lipinski definition) is 5. The number of aryl methyl sites for hydroxylation is 1. The molecule has 1 amide bonds. The number of carbonyl (C=O) groups is 1. The van der Waals surface area contributed by atoms with E-state index in [1.807, 2.05) is 48.5 Å². The van der Waals surface area contributed by atoms with Gasteiger partial charge < -0.3 is 5.32 Å². The Labute approximate surface area is 185 Å². The predicted octanol–water partition coefficient (Wildman–Crippen LogP) is 4.14. The molecule has 0 spiro atoms. The van der Waals surface area contributed by atoms with Crippen LogP contribution in [0.1, 0.15) is 12.5 Å². The summed E-state index contributed by atoms with van der Waals surface area (Å²) in [7, 11) is 0. The summed E-state index contributed by atoms with van der Waals surface area (Å²) in [5.74, 6) is -0.0454. The fourth-order valence-corrected chi connectivity index (χ4v) is 3.87. The first kappa shape index (κ1) is 20.4. The van der Waals surface area contributed by atoms with Crippen LogP contribution in [0.3, 0.4) is 0 Å². The van der Waals surface area contributed by atoms with Gasteiger partial charge in [0.15, 0.2) is 0 Å². The normalized spacial score (nSPS) is 11.0. The quantitative estimate of drug-likeness (QED) is 0.402. The Bertz CT molecular complexity index is 1250. The highest BCUT2D eigenvalue weighted by Crippen LogP contribution is 2.22. The Morgan fingerprint density at radius 3 is 2.60 bits per heavy atom. The molecule has 152 valence electrons. The first-order chi connectivity index (χ1) is 14.5. The number of halogens is 1. The van der Waals surface area contributed by atoms with Crippen LogP contribution in [-0.2, 0) is 11.2 Å². The van der Waals surface area contributed by atoms with E-state index in [4.69, 9.17) is 0 Å². The molecule has 2 aromatic carbocycles. The van der Waals surface area contributed by atoms with Crippen molar-refractivity contribution in [2.24, 2.45) is 0 Å². The molecule has 4 aromatic rings. The van der Waals surface area contributed by atoms with Crippen LogP contribution in [-0.4, -0.2) is 31.5 Å². The van der Waals surface area contributed by atoms with Gasteiger partial charge in [-0.2, -0.15) is 5.10 Å². The molecule has 9 heteroatoms. The molecule has 0 saturated carbocycles. The fraction of sp³-hybridized carbons (Fsp3) is 0.143. The number of fused-ring (bicyclic) bond motifs is 1. The number of hydrogen-bond donors (Lipinski definition) is 2. The number of aromatic nitrogens is 4. The van der Waals surface area contributed by atoms with Crippen LogP contribution < -0.4 is 10.9 Å². The van der Waals surface area contributed by atoms with Gasteiger partial charge in [-0.25, -0.2) is 9.61 Å². The third-order valence-corrected chi connectivity index (χ3v) is 5.95. The summed E-state index contributed by atoms with van der Waals surface area (Å²) in [5.41, 5.74) is 3.59. The zero-order valence-electron chi connectivity index (χ0n) is 16.1. The molecule has 0 radical (unpaired) electrons. The Hall–Kier alpha value is -2.91. The van der Waals surface area contributed by atoms with E-state index in [1.54, 1.807) is 6.07 Å². The van der Waals surface area contributed by atoms with E-state index in [0.717, 1.165) is 16.5 Å². The number of benzene rings is 2. The SMILES string of the molecule is CCc1ccc(-c2cc3c(=O)[nH]nc(SCC(=O)Nc4ccc(Br)cc4)n3n2)cc1. The molecule has 2 aromatic heterocycles. The number of aromatic amines is 1. The van der Waals surface area contributed by atoms with Gasteiger partial charge in [0.25, 0.3) is 5.56 Å². The van der Waals surface area contributed by atoms with Crippen LogP contribution in [0.25, 0.3) is 16.8 Å². The second-order valence-corrected chi connectivity index (χ2v) is 8.41. The van der Waals surface area contributed by atoms with Crippen molar-refractivity contribution < 1.29 is 4.79 Å². The predicted molar refractivity (Wildman–Crippen MR) is 122 cm³/mol. The van der Waals surface area contributed by atoms with Gasteiger partial charge in [-0.3, -0.25) is 9.59 Å². The average molecular weight is 484 g/mol. The monoisotopic (exact) mass is 483 g/mol. The smallest absolute Gasteiger partial charge is 0.290 e. The van der Waals surface area contributed by atoms with Gasteiger partial charge in [0.05, 0.1) is 11.4 Å². The van der Waals surface area contributed by atoms with Crippen molar-refractivity contribution in [1.29, 1.82) is 0 Å². The van der Waals surface area contributed by atoms with E-state index in [9.17, 15) is 9.59 Å². The summed E-state index contributed by atoms with van der Waals surface area (Å²) in [6.07, 6.45) is 0.956. The van der Waals surface area contributed by atoms with Crippen molar-refractivity contribution in [3.8, 4) is 11.3 Å². The van der Waals surface area contributed by atoms with Crippen molar-refractivity contribution in [3.63, 3.8) is 0 Å². The lowest BCUT2D eigenvalue weighted by Crippen LogP contribution is -2.17. The lowest BCUT2D eigenvalue weighted by Gasteiger charge is -2.05. The van der Waals surface area contributed by atoms with Gasteiger partial charge in [0.2, 0.25) is 11.1 Å². The molecule has 4 rings (SSSR count).